The number of anilines is 2. The lowest BCUT2D eigenvalue weighted by molar-refractivity contribution is -0.117. The van der Waals surface area contributed by atoms with E-state index >= 15 is 0 Å². The lowest BCUT2D eigenvalue weighted by Gasteiger charge is -2.31. The number of amides is 1. The van der Waals surface area contributed by atoms with Crippen molar-refractivity contribution in [3.8, 4) is 0 Å². The molecular formula is C24H25N3OS. The highest BCUT2D eigenvalue weighted by atomic mass is 32.2. The Morgan fingerprint density at radius 3 is 2.03 bits per heavy atom. The van der Waals surface area contributed by atoms with Crippen LogP contribution in [0.3, 0.4) is 0 Å². The molecule has 0 aliphatic carbocycles. The number of rotatable bonds is 6. The summed E-state index contributed by atoms with van der Waals surface area (Å²) >= 11 is 1.71. The molecule has 0 bridgehead atoms. The molecule has 3 aromatic rings. The molecule has 148 valence electrons. The molecule has 1 heterocycles. The van der Waals surface area contributed by atoms with Crippen molar-refractivity contribution in [1.82, 2.24) is 10.2 Å². The van der Waals surface area contributed by atoms with Crippen LogP contribution in [0.5, 0.6) is 0 Å². The molecule has 0 unspecified atom stereocenters. The molecule has 1 N–H and O–H groups in total. The highest BCUT2D eigenvalue weighted by Crippen LogP contribution is 2.47. The molecule has 4 nitrogen and oxygen atoms in total. The minimum atomic E-state index is 0.0516. The zero-order chi connectivity index (χ0) is 20.2. The van der Waals surface area contributed by atoms with Crippen LogP contribution in [0.1, 0.15) is 11.6 Å². The van der Waals surface area contributed by atoms with Gasteiger partial charge >= 0.3 is 0 Å². The molecule has 0 saturated heterocycles. The quantitative estimate of drug-likeness (QED) is 0.647. The molecular weight excluding hydrogens is 378 g/mol. The largest absolute Gasteiger partial charge is 0.306 e. The smallest absolute Gasteiger partial charge is 0.245 e. The first kappa shape index (κ1) is 19.7. The van der Waals surface area contributed by atoms with E-state index in [9.17, 15) is 4.79 Å². The number of nitrogens with one attached hydrogen (secondary N) is 1. The first-order chi connectivity index (χ1) is 14.1. The summed E-state index contributed by atoms with van der Waals surface area (Å²) in [6, 6.07) is 26.8. The Morgan fingerprint density at radius 2 is 1.45 bits per heavy atom. The number of para-hydroxylation sites is 2. The molecule has 0 radical (unpaired) electrons. The van der Waals surface area contributed by atoms with Crippen LogP contribution in [-0.2, 0) is 4.79 Å². The third kappa shape index (κ3) is 4.22. The average Bonchev–Trinajstić information content (AvgIpc) is 2.75. The van der Waals surface area contributed by atoms with E-state index in [1.165, 1.54) is 5.56 Å². The topological polar surface area (TPSA) is 35.6 Å². The van der Waals surface area contributed by atoms with Gasteiger partial charge in [-0.3, -0.25) is 9.69 Å². The van der Waals surface area contributed by atoms with E-state index in [0.717, 1.165) is 21.2 Å². The molecule has 4 rings (SSSR count). The van der Waals surface area contributed by atoms with Crippen molar-refractivity contribution in [2.45, 2.75) is 15.8 Å². The van der Waals surface area contributed by atoms with E-state index in [-0.39, 0.29) is 18.5 Å². The normalized spacial score (nSPS) is 13.7. The summed E-state index contributed by atoms with van der Waals surface area (Å²) in [5, 5.41) is 3.38. The van der Waals surface area contributed by atoms with Crippen LogP contribution in [0.25, 0.3) is 0 Å². The Hall–Kier alpha value is -2.60. The minimum absolute atomic E-state index is 0.0516. The van der Waals surface area contributed by atoms with E-state index < -0.39 is 0 Å². The fraction of sp³-hybridized carbons (Fsp3) is 0.208. The highest BCUT2D eigenvalue weighted by Gasteiger charge is 2.27. The van der Waals surface area contributed by atoms with E-state index in [4.69, 9.17) is 0 Å². The number of hydrogen-bond donors (Lipinski definition) is 1. The summed E-state index contributed by atoms with van der Waals surface area (Å²) in [6.45, 7) is 0.985. The van der Waals surface area contributed by atoms with E-state index in [0.29, 0.717) is 6.54 Å². The molecule has 5 heteroatoms. The lowest BCUT2D eigenvalue weighted by Crippen LogP contribution is -2.39. The third-order valence-electron chi connectivity index (χ3n) is 5.10. The zero-order valence-electron chi connectivity index (χ0n) is 16.7. The maximum Gasteiger partial charge on any atom is 0.245 e. The highest BCUT2D eigenvalue weighted by molar-refractivity contribution is 7.99. The number of carbonyl (C=O) groups is 1. The van der Waals surface area contributed by atoms with Gasteiger partial charge in [-0.05, 0) is 43.9 Å². The van der Waals surface area contributed by atoms with Crippen molar-refractivity contribution in [2.24, 2.45) is 0 Å². The SMILES string of the molecule is CN(C)[C@H](CNCC(=O)N1c2ccccc2Sc2ccccc21)c1ccccc1. The van der Waals surface area contributed by atoms with Gasteiger partial charge in [0.2, 0.25) is 5.91 Å². The van der Waals surface area contributed by atoms with Gasteiger partial charge in [-0.15, -0.1) is 0 Å². The monoisotopic (exact) mass is 403 g/mol. The molecule has 1 aliphatic rings. The Balaban J connectivity index is 1.50. The summed E-state index contributed by atoms with van der Waals surface area (Å²) in [7, 11) is 4.13. The molecule has 0 aromatic heterocycles. The van der Waals surface area contributed by atoms with Crippen molar-refractivity contribution in [1.29, 1.82) is 0 Å². The van der Waals surface area contributed by atoms with Crippen LogP contribution in [0.4, 0.5) is 11.4 Å². The van der Waals surface area contributed by atoms with Crippen LogP contribution in [0.2, 0.25) is 0 Å². The first-order valence-corrected chi connectivity index (χ1v) is 10.6. The van der Waals surface area contributed by atoms with Gasteiger partial charge in [0.15, 0.2) is 0 Å². The van der Waals surface area contributed by atoms with E-state index in [1.54, 1.807) is 11.8 Å². The molecule has 0 fully saturated rings. The fourth-order valence-corrected chi connectivity index (χ4v) is 4.70. The van der Waals surface area contributed by atoms with Gasteiger partial charge in [-0.1, -0.05) is 66.4 Å². The molecule has 0 saturated carbocycles. The van der Waals surface area contributed by atoms with E-state index in [1.807, 2.05) is 47.4 Å². The van der Waals surface area contributed by atoms with Crippen LogP contribution in [-0.4, -0.2) is 38.0 Å². The number of nitrogens with zero attached hydrogens (tertiary/aromatic N) is 2. The Morgan fingerprint density at radius 1 is 0.897 bits per heavy atom. The summed E-state index contributed by atoms with van der Waals surface area (Å²) in [5.41, 5.74) is 3.15. The molecule has 0 spiro atoms. The molecule has 1 atom stereocenters. The number of benzene rings is 3. The minimum Gasteiger partial charge on any atom is -0.306 e. The Bertz CT molecular complexity index is 945. The molecule has 3 aromatic carbocycles. The molecule has 29 heavy (non-hydrogen) atoms. The van der Waals surface area contributed by atoms with Crippen LogP contribution in [0.15, 0.2) is 88.7 Å². The van der Waals surface area contributed by atoms with Gasteiger partial charge in [0.05, 0.1) is 17.9 Å². The first-order valence-electron chi connectivity index (χ1n) is 9.76. The van der Waals surface area contributed by atoms with Gasteiger partial charge in [0, 0.05) is 22.4 Å². The predicted molar refractivity (Wildman–Crippen MR) is 120 cm³/mol. The van der Waals surface area contributed by atoms with Crippen molar-refractivity contribution in [3.05, 3.63) is 84.4 Å². The number of carbonyl (C=O) groups excluding carboxylic acids is 1. The van der Waals surface area contributed by atoms with Gasteiger partial charge in [-0.2, -0.15) is 0 Å². The van der Waals surface area contributed by atoms with Gasteiger partial charge in [0.25, 0.3) is 0 Å². The average molecular weight is 404 g/mol. The molecule has 1 aliphatic heterocycles. The maximum atomic E-state index is 13.3. The zero-order valence-corrected chi connectivity index (χ0v) is 17.5. The van der Waals surface area contributed by atoms with Crippen molar-refractivity contribution in [2.75, 3.05) is 32.1 Å². The van der Waals surface area contributed by atoms with E-state index in [2.05, 4.69) is 60.7 Å². The summed E-state index contributed by atoms with van der Waals surface area (Å²) in [6.07, 6.45) is 0. The number of likely N-dealkylation sites (N-methyl/N-ethyl adjacent to an activating group) is 1. The van der Waals surface area contributed by atoms with Crippen LogP contribution >= 0.6 is 11.8 Å². The van der Waals surface area contributed by atoms with Crippen LogP contribution in [0, 0.1) is 0 Å². The summed E-state index contributed by atoms with van der Waals surface area (Å²) in [5.74, 6) is 0.0516. The van der Waals surface area contributed by atoms with Gasteiger partial charge in [0.1, 0.15) is 0 Å². The van der Waals surface area contributed by atoms with Gasteiger partial charge in [-0.25, -0.2) is 0 Å². The third-order valence-corrected chi connectivity index (χ3v) is 6.23. The second-order valence-electron chi connectivity index (χ2n) is 7.29. The standard InChI is InChI=1S/C24H25N3OS/c1-26(2)21(18-10-4-3-5-11-18)16-25-17-24(28)27-19-12-6-8-14-22(19)29-23-15-9-7-13-20(23)27/h3-15,21,25H,16-17H2,1-2H3/t21-/m1/s1. The van der Waals surface area contributed by atoms with Crippen molar-refractivity contribution < 1.29 is 4.79 Å². The summed E-state index contributed by atoms with van der Waals surface area (Å²) in [4.78, 5) is 19.5. The van der Waals surface area contributed by atoms with Crippen molar-refractivity contribution >= 4 is 29.0 Å². The second kappa shape index (κ2) is 8.82. The van der Waals surface area contributed by atoms with Gasteiger partial charge < -0.3 is 10.2 Å². The van der Waals surface area contributed by atoms with Crippen LogP contribution < -0.4 is 10.2 Å². The Labute approximate surface area is 176 Å². The maximum absolute atomic E-state index is 13.3. The van der Waals surface area contributed by atoms with Crippen molar-refractivity contribution in [3.63, 3.8) is 0 Å². The Kier molecular flexibility index (Phi) is 6.00. The second-order valence-corrected chi connectivity index (χ2v) is 8.37. The molecule has 1 amide bonds. The predicted octanol–water partition coefficient (Wildman–Crippen LogP) is 4.71. The number of hydrogen-bond acceptors (Lipinski definition) is 4. The fourth-order valence-electron chi connectivity index (χ4n) is 3.64. The summed E-state index contributed by atoms with van der Waals surface area (Å²) < 4.78 is 0. The lowest BCUT2D eigenvalue weighted by atomic mass is 10.1. The number of fused-ring (bicyclic) bond motifs is 2.